The van der Waals surface area contributed by atoms with Gasteiger partial charge in [-0.3, -0.25) is 9.59 Å². The molecule has 7 nitrogen and oxygen atoms in total. The van der Waals surface area contributed by atoms with Crippen LogP contribution >= 0.6 is 0 Å². The second-order valence-corrected chi connectivity index (χ2v) is 9.57. The van der Waals surface area contributed by atoms with Gasteiger partial charge in [-0.25, -0.2) is 13.1 Å². The summed E-state index contributed by atoms with van der Waals surface area (Å²) in [5, 5.41) is 2.82. The van der Waals surface area contributed by atoms with E-state index in [1.807, 2.05) is 4.90 Å². The number of rotatable bonds is 6. The molecule has 0 unspecified atom stereocenters. The Kier molecular flexibility index (Phi) is 5.62. The first-order valence-corrected chi connectivity index (χ1v) is 11.7. The average molecular weight is 428 g/mol. The van der Waals surface area contributed by atoms with Crippen LogP contribution < -0.4 is 10.0 Å². The lowest BCUT2D eigenvalue weighted by Gasteiger charge is -2.18. The standard InChI is InChI=1S/C22H25N3O4S/c1-15-19(22(27)25-12-2-3-13-25)8-5-9-20(15)23-21(26)16-6-4-7-18(14-16)30(28,29)24-17-10-11-17/h4-9,14,17,24H,2-3,10-13H2,1H3,(H,23,26). The van der Waals surface area contributed by atoms with Crippen LogP contribution in [-0.4, -0.2) is 44.3 Å². The lowest BCUT2D eigenvalue weighted by molar-refractivity contribution is 0.0791. The van der Waals surface area contributed by atoms with Crippen LogP contribution in [0.15, 0.2) is 47.4 Å². The van der Waals surface area contributed by atoms with E-state index in [0.29, 0.717) is 16.8 Å². The number of carbonyl (C=O) groups is 2. The molecule has 2 fully saturated rings. The van der Waals surface area contributed by atoms with E-state index in [1.165, 1.54) is 12.1 Å². The summed E-state index contributed by atoms with van der Waals surface area (Å²) in [6.07, 6.45) is 3.70. The fourth-order valence-corrected chi connectivity index (χ4v) is 4.93. The minimum atomic E-state index is -3.64. The first-order valence-electron chi connectivity index (χ1n) is 10.2. The van der Waals surface area contributed by atoms with E-state index in [9.17, 15) is 18.0 Å². The number of carbonyl (C=O) groups excluding carboxylic acids is 2. The van der Waals surface area contributed by atoms with Crippen LogP contribution in [0.25, 0.3) is 0 Å². The molecule has 2 amide bonds. The maximum atomic E-state index is 12.8. The largest absolute Gasteiger partial charge is 0.339 e. The molecule has 2 N–H and O–H groups in total. The van der Waals surface area contributed by atoms with Crippen molar-refractivity contribution in [3.8, 4) is 0 Å². The van der Waals surface area contributed by atoms with E-state index in [0.717, 1.165) is 38.8 Å². The molecular formula is C22H25N3O4S. The van der Waals surface area contributed by atoms with Gasteiger partial charge in [-0.2, -0.15) is 0 Å². The van der Waals surface area contributed by atoms with Gasteiger partial charge in [-0.15, -0.1) is 0 Å². The number of nitrogens with one attached hydrogen (secondary N) is 2. The molecular weight excluding hydrogens is 402 g/mol. The summed E-state index contributed by atoms with van der Waals surface area (Å²) in [6.45, 7) is 3.31. The van der Waals surface area contributed by atoms with Crippen molar-refractivity contribution in [2.75, 3.05) is 18.4 Å². The van der Waals surface area contributed by atoms with Crippen LogP contribution in [0.1, 0.15) is 52.0 Å². The zero-order chi connectivity index (χ0) is 21.3. The quantitative estimate of drug-likeness (QED) is 0.741. The Hall–Kier alpha value is -2.71. The third-order valence-corrected chi connectivity index (χ3v) is 7.03. The highest BCUT2D eigenvalue weighted by atomic mass is 32.2. The zero-order valence-corrected chi connectivity index (χ0v) is 17.7. The van der Waals surface area contributed by atoms with Crippen LogP contribution in [-0.2, 0) is 10.0 Å². The minimum Gasteiger partial charge on any atom is -0.339 e. The minimum absolute atomic E-state index is 0.00832. The fourth-order valence-electron chi connectivity index (χ4n) is 3.58. The maximum absolute atomic E-state index is 12.8. The lowest BCUT2D eigenvalue weighted by atomic mass is 10.0. The van der Waals surface area contributed by atoms with Gasteiger partial charge in [0.1, 0.15) is 0 Å². The molecule has 1 saturated carbocycles. The van der Waals surface area contributed by atoms with Crippen LogP contribution in [0.3, 0.4) is 0 Å². The zero-order valence-electron chi connectivity index (χ0n) is 16.8. The first kappa shape index (κ1) is 20.6. The van der Waals surface area contributed by atoms with Gasteiger partial charge in [0, 0.05) is 35.9 Å². The Morgan fingerprint density at radius 2 is 1.73 bits per heavy atom. The van der Waals surface area contributed by atoms with Crippen molar-refractivity contribution in [2.45, 2.75) is 43.5 Å². The van der Waals surface area contributed by atoms with Gasteiger partial charge in [0.15, 0.2) is 0 Å². The lowest BCUT2D eigenvalue weighted by Crippen LogP contribution is -2.28. The van der Waals surface area contributed by atoms with Gasteiger partial charge < -0.3 is 10.2 Å². The Balaban J connectivity index is 1.53. The van der Waals surface area contributed by atoms with Gasteiger partial charge in [0.05, 0.1) is 4.90 Å². The van der Waals surface area contributed by atoms with Crippen LogP contribution in [0, 0.1) is 6.92 Å². The molecule has 2 aromatic carbocycles. The normalized spacial score (nSPS) is 16.5. The van der Waals surface area contributed by atoms with E-state index in [4.69, 9.17) is 0 Å². The summed E-state index contributed by atoms with van der Waals surface area (Å²) in [6, 6.07) is 11.2. The van der Waals surface area contributed by atoms with Crippen molar-refractivity contribution < 1.29 is 18.0 Å². The predicted molar refractivity (Wildman–Crippen MR) is 114 cm³/mol. The summed E-state index contributed by atoms with van der Waals surface area (Å²) < 4.78 is 27.5. The second kappa shape index (κ2) is 8.20. The third-order valence-electron chi connectivity index (χ3n) is 5.51. The molecule has 2 aliphatic rings. The Labute approximate surface area is 176 Å². The van der Waals surface area contributed by atoms with Gasteiger partial charge in [-0.1, -0.05) is 12.1 Å². The van der Waals surface area contributed by atoms with Gasteiger partial charge in [-0.05, 0) is 68.5 Å². The molecule has 1 aliphatic heterocycles. The number of nitrogens with zero attached hydrogens (tertiary/aromatic N) is 1. The van der Waals surface area contributed by atoms with Crippen LogP contribution in [0.4, 0.5) is 5.69 Å². The van der Waals surface area contributed by atoms with E-state index >= 15 is 0 Å². The highest BCUT2D eigenvalue weighted by Gasteiger charge is 2.28. The van der Waals surface area contributed by atoms with Crippen molar-refractivity contribution in [2.24, 2.45) is 0 Å². The molecule has 158 valence electrons. The second-order valence-electron chi connectivity index (χ2n) is 7.85. The van der Waals surface area contributed by atoms with Gasteiger partial charge in [0.25, 0.3) is 11.8 Å². The molecule has 0 atom stereocenters. The van der Waals surface area contributed by atoms with Gasteiger partial charge >= 0.3 is 0 Å². The fraction of sp³-hybridized carbons (Fsp3) is 0.364. The van der Waals surface area contributed by atoms with E-state index in [2.05, 4.69) is 10.0 Å². The number of amides is 2. The van der Waals surface area contributed by atoms with Crippen molar-refractivity contribution in [3.05, 3.63) is 59.2 Å². The molecule has 1 aliphatic carbocycles. The summed E-state index contributed by atoms with van der Waals surface area (Å²) in [5.74, 6) is -0.451. The van der Waals surface area contributed by atoms with Crippen molar-refractivity contribution in [3.63, 3.8) is 0 Å². The third kappa shape index (κ3) is 4.39. The van der Waals surface area contributed by atoms with Crippen LogP contribution in [0.2, 0.25) is 0 Å². The molecule has 0 spiro atoms. The average Bonchev–Trinajstić information content (AvgIpc) is 3.36. The van der Waals surface area contributed by atoms with E-state index < -0.39 is 15.9 Å². The predicted octanol–water partition coefficient (Wildman–Crippen LogP) is 2.92. The number of sulfonamides is 1. The molecule has 8 heteroatoms. The molecule has 0 radical (unpaired) electrons. The summed E-state index contributed by atoms with van der Waals surface area (Å²) in [4.78, 5) is 27.5. The topological polar surface area (TPSA) is 95.6 Å². The number of anilines is 1. The van der Waals surface area contributed by atoms with Crippen molar-refractivity contribution in [1.29, 1.82) is 0 Å². The molecule has 2 aromatic rings. The monoisotopic (exact) mass is 427 g/mol. The van der Waals surface area contributed by atoms with E-state index in [-0.39, 0.29) is 22.4 Å². The highest BCUT2D eigenvalue weighted by Crippen LogP contribution is 2.24. The molecule has 0 bridgehead atoms. The van der Waals surface area contributed by atoms with Crippen molar-refractivity contribution >= 4 is 27.5 Å². The van der Waals surface area contributed by atoms with E-state index in [1.54, 1.807) is 37.3 Å². The smallest absolute Gasteiger partial charge is 0.255 e. The first-order chi connectivity index (χ1) is 14.3. The Morgan fingerprint density at radius 1 is 1.03 bits per heavy atom. The molecule has 30 heavy (non-hydrogen) atoms. The summed E-state index contributed by atoms with van der Waals surface area (Å²) in [5.41, 5.74) is 2.04. The molecule has 1 heterocycles. The maximum Gasteiger partial charge on any atom is 0.255 e. The summed E-state index contributed by atoms with van der Waals surface area (Å²) >= 11 is 0. The SMILES string of the molecule is Cc1c(NC(=O)c2cccc(S(=O)(=O)NC3CC3)c2)cccc1C(=O)N1CCCC1. The van der Waals surface area contributed by atoms with Crippen molar-refractivity contribution in [1.82, 2.24) is 9.62 Å². The number of hydrogen-bond acceptors (Lipinski definition) is 4. The summed E-state index contributed by atoms with van der Waals surface area (Å²) in [7, 11) is -3.64. The molecule has 4 rings (SSSR count). The molecule has 0 aromatic heterocycles. The highest BCUT2D eigenvalue weighted by molar-refractivity contribution is 7.89. The van der Waals surface area contributed by atoms with Crippen LogP contribution in [0.5, 0.6) is 0 Å². The van der Waals surface area contributed by atoms with Gasteiger partial charge in [0.2, 0.25) is 10.0 Å². The number of likely N-dealkylation sites (tertiary alicyclic amines) is 1. The number of hydrogen-bond donors (Lipinski definition) is 2. The Bertz CT molecular complexity index is 1090. The number of benzene rings is 2. The Morgan fingerprint density at radius 3 is 2.43 bits per heavy atom. The molecule has 1 saturated heterocycles.